The fourth-order valence-electron chi connectivity index (χ4n) is 2.67. The van der Waals surface area contributed by atoms with Crippen molar-refractivity contribution in [3.05, 3.63) is 30.3 Å². The summed E-state index contributed by atoms with van der Waals surface area (Å²) in [5, 5.41) is 3.39. The minimum atomic E-state index is 0. The topological polar surface area (TPSA) is 41.6 Å². The van der Waals surface area contributed by atoms with Gasteiger partial charge in [-0.05, 0) is 44.0 Å². The smallest absolute Gasteiger partial charge is 0.225 e. The number of ether oxygens (including phenoxy) is 1. The second-order valence-electron chi connectivity index (χ2n) is 5.54. The van der Waals surface area contributed by atoms with Gasteiger partial charge in [0.2, 0.25) is 5.91 Å². The minimum absolute atomic E-state index is 0. The van der Waals surface area contributed by atoms with E-state index in [-0.39, 0.29) is 18.3 Å². The zero-order valence-electron chi connectivity index (χ0n) is 13.3. The lowest BCUT2D eigenvalue weighted by Crippen LogP contribution is -2.41. The zero-order valence-corrected chi connectivity index (χ0v) is 14.1. The number of piperidine rings is 1. The molecule has 1 aliphatic heterocycles. The average molecular weight is 327 g/mol. The van der Waals surface area contributed by atoms with Crippen LogP contribution in [-0.4, -0.2) is 43.6 Å². The molecule has 4 nitrogen and oxygen atoms in total. The van der Waals surface area contributed by atoms with Crippen LogP contribution >= 0.6 is 12.4 Å². The van der Waals surface area contributed by atoms with Crippen LogP contribution in [0.2, 0.25) is 0 Å². The Labute approximate surface area is 139 Å². The van der Waals surface area contributed by atoms with Gasteiger partial charge < -0.3 is 15.0 Å². The van der Waals surface area contributed by atoms with Gasteiger partial charge in [-0.3, -0.25) is 4.79 Å². The average Bonchev–Trinajstić information content (AvgIpc) is 2.54. The lowest BCUT2D eigenvalue weighted by Gasteiger charge is -2.32. The second-order valence-corrected chi connectivity index (χ2v) is 5.54. The summed E-state index contributed by atoms with van der Waals surface area (Å²) in [5.41, 5.74) is 0. The molecule has 0 aliphatic carbocycles. The molecule has 0 radical (unpaired) electrons. The minimum Gasteiger partial charge on any atom is -0.493 e. The number of nitrogens with zero attached hydrogens (tertiary/aromatic N) is 1. The van der Waals surface area contributed by atoms with Crippen LogP contribution in [0.25, 0.3) is 0 Å². The summed E-state index contributed by atoms with van der Waals surface area (Å²) >= 11 is 0. The van der Waals surface area contributed by atoms with Crippen LogP contribution in [0.4, 0.5) is 0 Å². The molecule has 1 aromatic rings. The predicted molar refractivity (Wildman–Crippen MR) is 91.6 cm³/mol. The quantitative estimate of drug-likeness (QED) is 0.837. The Morgan fingerprint density at radius 3 is 2.59 bits per heavy atom. The molecule has 1 saturated heterocycles. The van der Waals surface area contributed by atoms with E-state index in [1.165, 1.54) is 0 Å². The first kappa shape index (κ1) is 18.8. The first-order chi connectivity index (χ1) is 10.3. The van der Waals surface area contributed by atoms with Crippen molar-refractivity contribution in [1.29, 1.82) is 0 Å². The van der Waals surface area contributed by atoms with E-state index >= 15 is 0 Å². The highest BCUT2D eigenvalue weighted by atomic mass is 35.5. The summed E-state index contributed by atoms with van der Waals surface area (Å²) < 4.78 is 5.58. The first-order valence-electron chi connectivity index (χ1n) is 7.96. The van der Waals surface area contributed by atoms with Gasteiger partial charge in [0.1, 0.15) is 5.75 Å². The molecule has 1 aliphatic rings. The Morgan fingerprint density at radius 2 is 1.95 bits per heavy atom. The molecule has 0 atom stereocenters. The van der Waals surface area contributed by atoms with Crippen LogP contribution in [0.3, 0.4) is 0 Å². The van der Waals surface area contributed by atoms with Crippen molar-refractivity contribution in [2.75, 3.05) is 32.8 Å². The summed E-state index contributed by atoms with van der Waals surface area (Å²) in [6.45, 7) is 6.47. The van der Waals surface area contributed by atoms with E-state index in [1.54, 1.807) is 0 Å². The second kappa shape index (κ2) is 10.5. The number of halogens is 1. The highest BCUT2D eigenvalue weighted by Crippen LogP contribution is 2.17. The maximum absolute atomic E-state index is 12.1. The molecule has 0 spiro atoms. The Bertz CT molecular complexity index is 420. The van der Waals surface area contributed by atoms with Crippen molar-refractivity contribution in [3.63, 3.8) is 0 Å². The first-order valence-corrected chi connectivity index (χ1v) is 7.96. The van der Waals surface area contributed by atoms with Gasteiger partial charge in [-0.2, -0.15) is 0 Å². The van der Waals surface area contributed by atoms with Gasteiger partial charge in [-0.25, -0.2) is 0 Å². The molecule has 22 heavy (non-hydrogen) atoms. The van der Waals surface area contributed by atoms with Crippen molar-refractivity contribution in [2.45, 2.75) is 26.2 Å². The van der Waals surface area contributed by atoms with E-state index in [2.05, 4.69) is 12.2 Å². The SMILES string of the molecule is CCNCC1CCN(C(=O)CCOc2ccccc2)CC1.Cl. The number of likely N-dealkylation sites (tertiary alicyclic amines) is 1. The summed E-state index contributed by atoms with van der Waals surface area (Å²) in [5.74, 6) is 1.76. The normalized spacial score (nSPS) is 15.2. The molecular formula is C17H27ClN2O2. The number of hydrogen-bond acceptors (Lipinski definition) is 3. The van der Waals surface area contributed by atoms with Crippen molar-refractivity contribution >= 4 is 18.3 Å². The third-order valence-electron chi connectivity index (χ3n) is 3.98. The maximum Gasteiger partial charge on any atom is 0.225 e. The van der Waals surface area contributed by atoms with E-state index in [0.717, 1.165) is 50.7 Å². The van der Waals surface area contributed by atoms with Gasteiger partial charge in [-0.1, -0.05) is 25.1 Å². The number of carbonyl (C=O) groups is 1. The maximum atomic E-state index is 12.1. The Morgan fingerprint density at radius 1 is 1.27 bits per heavy atom. The Balaban J connectivity index is 0.00000242. The molecule has 0 aromatic heterocycles. The lowest BCUT2D eigenvalue weighted by atomic mass is 9.96. The van der Waals surface area contributed by atoms with E-state index in [9.17, 15) is 4.79 Å². The molecule has 5 heteroatoms. The molecule has 1 N–H and O–H groups in total. The zero-order chi connectivity index (χ0) is 14.9. The van der Waals surface area contributed by atoms with E-state index in [4.69, 9.17) is 4.74 Å². The van der Waals surface area contributed by atoms with E-state index in [0.29, 0.717) is 13.0 Å². The fraction of sp³-hybridized carbons (Fsp3) is 0.588. The van der Waals surface area contributed by atoms with Crippen molar-refractivity contribution < 1.29 is 9.53 Å². The largest absolute Gasteiger partial charge is 0.493 e. The third kappa shape index (κ3) is 6.24. The van der Waals surface area contributed by atoms with Crippen LogP contribution in [0, 0.1) is 5.92 Å². The lowest BCUT2D eigenvalue weighted by molar-refractivity contribution is -0.133. The van der Waals surface area contributed by atoms with Gasteiger partial charge in [0.25, 0.3) is 0 Å². The molecule has 1 fully saturated rings. The molecule has 2 rings (SSSR count). The molecule has 1 heterocycles. The van der Waals surface area contributed by atoms with Crippen molar-refractivity contribution in [2.24, 2.45) is 5.92 Å². The number of amides is 1. The van der Waals surface area contributed by atoms with Crippen LogP contribution in [0.1, 0.15) is 26.2 Å². The summed E-state index contributed by atoms with van der Waals surface area (Å²) in [4.78, 5) is 14.1. The molecule has 0 saturated carbocycles. The molecule has 1 aromatic carbocycles. The highest BCUT2D eigenvalue weighted by molar-refractivity contribution is 5.85. The number of benzene rings is 1. The van der Waals surface area contributed by atoms with Gasteiger partial charge >= 0.3 is 0 Å². The van der Waals surface area contributed by atoms with Gasteiger partial charge in [0.15, 0.2) is 0 Å². The van der Waals surface area contributed by atoms with Gasteiger partial charge in [0.05, 0.1) is 13.0 Å². The Hall–Kier alpha value is -1.26. The van der Waals surface area contributed by atoms with Gasteiger partial charge in [0, 0.05) is 13.1 Å². The number of nitrogens with one attached hydrogen (secondary N) is 1. The fourth-order valence-corrected chi connectivity index (χ4v) is 2.67. The van der Waals surface area contributed by atoms with E-state index < -0.39 is 0 Å². The molecule has 1 amide bonds. The predicted octanol–water partition coefficient (Wildman–Crippen LogP) is 2.73. The van der Waals surface area contributed by atoms with Crippen LogP contribution in [0.15, 0.2) is 30.3 Å². The number of para-hydroxylation sites is 1. The van der Waals surface area contributed by atoms with E-state index in [1.807, 2.05) is 35.2 Å². The standard InChI is InChI=1S/C17H26N2O2.ClH/c1-2-18-14-15-8-11-19(12-9-15)17(20)10-13-21-16-6-4-3-5-7-16;/h3-7,15,18H,2,8-14H2,1H3;1H. The molecule has 124 valence electrons. The third-order valence-corrected chi connectivity index (χ3v) is 3.98. The number of rotatable bonds is 7. The van der Waals surface area contributed by atoms with Crippen LogP contribution in [-0.2, 0) is 4.79 Å². The summed E-state index contributed by atoms with van der Waals surface area (Å²) in [7, 11) is 0. The van der Waals surface area contributed by atoms with Crippen molar-refractivity contribution in [3.8, 4) is 5.75 Å². The van der Waals surface area contributed by atoms with Crippen LogP contribution < -0.4 is 10.1 Å². The Kier molecular flexibility index (Phi) is 8.94. The molecule has 0 bridgehead atoms. The molecule has 0 unspecified atom stereocenters. The number of carbonyl (C=O) groups excluding carboxylic acids is 1. The number of hydrogen-bond donors (Lipinski definition) is 1. The highest BCUT2D eigenvalue weighted by Gasteiger charge is 2.22. The summed E-state index contributed by atoms with van der Waals surface area (Å²) in [6.07, 6.45) is 2.68. The van der Waals surface area contributed by atoms with Crippen molar-refractivity contribution in [1.82, 2.24) is 10.2 Å². The molecular weight excluding hydrogens is 300 g/mol. The summed E-state index contributed by atoms with van der Waals surface area (Å²) in [6, 6.07) is 9.65. The monoisotopic (exact) mass is 326 g/mol. The van der Waals surface area contributed by atoms with Gasteiger partial charge in [-0.15, -0.1) is 12.4 Å². The van der Waals surface area contributed by atoms with Crippen LogP contribution in [0.5, 0.6) is 5.75 Å².